The number of benzene rings is 2. The molecule has 1 amide bonds. The van der Waals surface area contributed by atoms with Crippen molar-refractivity contribution < 1.29 is 9.53 Å². The molecule has 29 heavy (non-hydrogen) atoms. The zero-order chi connectivity index (χ0) is 20.5. The molecule has 0 unspecified atom stereocenters. The van der Waals surface area contributed by atoms with E-state index in [0.717, 1.165) is 53.4 Å². The lowest BCUT2D eigenvalue weighted by Gasteiger charge is -2.35. The maximum absolute atomic E-state index is 13.2. The summed E-state index contributed by atoms with van der Waals surface area (Å²) in [4.78, 5) is 20.1. The highest BCUT2D eigenvalue weighted by Gasteiger charge is 2.23. The lowest BCUT2D eigenvalue weighted by Crippen LogP contribution is -2.44. The molecule has 4 rings (SSSR count). The molecule has 7 heteroatoms. The molecular formula is C22H24ClN3O2S. The maximum atomic E-state index is 13.2. The number of thiophene rings is 1. The third-order valence-corrected chi connectivity index (χ3v) is 7.09. The summed E-state index contributed by atoms with van der Waals surface area (Å²) in [5.74, 6) is 0.713. The molecule has 1 fully saturated rings. The van der Waals surface area contributed by atoms with E-state index in [-0.39, 0.29) is 5.91 Å². The minimum absolute atomic E-state index is 0.106. The number of hydrogen-bond donors (Lipinski definition) is 0. The second-order valence-corrected chi connectivity index (χ2v) is 8.68. The van der Waals surface area contributed by atoms with Crippen molar-refractivity contribution in [3.63, 3.8) is 0 Å². The minimum Gasteiger partial charge on any atom is -0.495 e. The summed E-state index contributed by atoms with van der Waals surface area (Å²) in [7, 11) is 5.60. The van der Waals surface area contributed by atoms with Gasteiger partial charge in [0.05, 0.1) is 17.8 Å². The van der Waals surface area contributed by atoms with Gasteiger partial charge in [0.25, 0.3) is 5.91 Å². The molecule has 0 bridgehead atoms. The Morgan fingerprint density at radius 2 is 1.86 bits per heavy atom. The molecule has 0 radical (unpaired) electrons. The molecule has 0 N–H and O–H groups in total. The fourth-order valence-electron chi connectivity index (χ4n) is 3.60. The normalized spacial score (nSPS) is 15.0. The van der Waals surface area contributed by atoms with Crippen LogP contribution in [-0.2, 0) is 0 Å². The van der Waals surface area contributed by atoms with Crippen LogP contribution in [0.2, 0.25) is 5.02 Å². The Hall–Kier alpha value is -2.28. The maximum Gasteiger partial charge on any atom is 0.269 e. The first kappa shape index (κ1) is 20.0. The van der Waals surface area contributed by atoms with E-state index < -0.39 is 0 Å². The van der Waals surface area contributed by atoms with Crippen LogP contribution in [0, 0.1) is 0 Å². The quantitative estimate of drug-likeness (QED) is 0.607. The van der Waals surface area contributed by atoms with Crippen LogP contribution in [-0.4, -0.2) is 58.2 Å². The van der Waals surface area contributed by atoms with Crippen molar-refractivity contribution in [1.82, 2.24) is 4.90 Å². The Morgan fingerprint density at radius 1 is 1.14 bits per heavy atom. The van der Waals surface area contributed by atoms with Gasteiger partial charge in [-0.15, -0.1) is 11.3 Å². The summed E-state index contributed by atoms with van der Waals surface area (Å²) >= 11 is 7.96. The smallest absolute Gasteiger partial charge is 0.269 e. The van der Waals surface area contributed by atoms with E-state index in [0.29, 0.717) is 9.90 Å². The zero-order valence-electron chi connectivity index (χ0n) is 16.8. The van der Waals surface area contributed by atoms with Gasteiger partial charge in [-0.25, -0.2) is 0 Å². The van der Waals surface area contributed by atoms with Gasteiger partial charge in [0.1, 0.15) is 10.6 Å². The van der Waals surface area contributed by atoms with Crippen LogP contribution in [0.5, 0.6) is 5.75 Å². The first-order chi connectivity index (χ1) is 14.0. The number of anilines is 2. The van der Waals surface area contributed by atoms with E-state index >= 15 is 0 Å². The highest BCUT2D eigenvalue weighted by Crippen LogP contribution is 2.38. The van der Waals surface area contributed by atoms with E-state index in [1.54, 1.807) is 19.1 Å². The third kappa shape index (κ3) is 3.80. The predicted octanol–water partition coefficient (Wildman–Crippen LogP) is 4.59. The number of piperazine rings is 1. The molecule has 2 heterocycles. The van der Waals surface area contributed by atoms with Gasteiger partial charge < -0.3 is 19.4 Å². The summed E-state index contributed by atoms with van der Waals surface area (Å²) in [6.07, 6.45) is 0. The van der Waals surface area contributed by atoms with Crippen molar-refractivity contribution in [2.75, 3.05) is 57.2 Å². The average Bonchev–Trinajstić information content (AvgIpc) is 3.09. The van der Waals surface area contributed by atoms with Crippen molar-refractivity contribution in [3.05, 3.63) is 52.4 Å². The van der Waals surface area contributed by atoms with E-state index in [4.69, 9.17) is 16.3 Å². The van der Waals surface area contributed by atoms with Gasteiger partial charge in [0.15, 0.2) is 0 Å². The van der Waals surface area contributed by atoms with Crippen LogP contribution in [0.3, 0.4) is 0 Å². The van der Waals surface area contributed by atoms with Crippen LogP contribution in [0.4, 0.5) is 11.4 Å². The number of hydrogen-bond acceptors (Lipinski definition) is 5. The van der Waals surface area contributed by atoms with E-state index in [1.165, 1.54) is 11.3 Å². The Kier molecular flexibility index (Phi) is 5.67. The first-order valence-corrected chi connectivity index (χ1v) is 10.8. The van der Waals surface area contributed by atoms with Crippen molar-refractivity contribution in [2.24, 2.45) is 0 Å². The van der Waals surface area contributed by atoms with Crippen molar-refractivity contribution in [2.45, 2.75) is 0 Å². The zero-order valence-corrected chi connectivity index (χ0v) is 18.4. The van der Waals surface area contributed by atoms with Crippen molar-refractivity contribution in [1.29, 1.82) is 0 Å². The average molecular weight is 430 g/mol. The van der Waals surface area contributed by atoms with E-state index in [1.807, 2.05) is 42.5 Å². The molecule has 2 aromatic carbocycles. The van der Waals surface area contributed by atoms with Gasteiger partial charge >= 0.3 is 0 Å². The molecule has 0 spiro atoms. The molecular weight excluding hydrogens is 406 g/mol. The summed E-state index contributed by atoms with van der Waals surface area (Å²) in [6.45, 7) is 3.85. The standard InChI is InChI=1S/C22H24ClN3O2S/c1-24-10-12-26(13-11-24)17-14-15(8-9-18(17)28-3)25(2)22(27)21-20(23)16-6-4-5-7-19(16)29-21/h4-9,14H,10-13H2,1-3H3. The van der Waals surface area contributed by atoms with Gasteiger partial charge in [0.2, 0.25) is 0 Å². The molecule has 1 saturated heterocycles. The number of likely N-dealkylation sites (N-methyl/N-ethyl adjacent to an activating group) is 1. The lowest BCUT2D eigenvalue weighted by molar-refractivity contribution is 0.0997. The summed E-state index contributed by atoms with van der Waals surface area (Å²) in [5, 5.41) is 1.44. The van der Waals surface area contributed by atoms with Crippen molar-refractivity contribution >= 4 is 50.3 Å². The lowest BCUT2D eigenvalue weighted by atomic mass is 10.2. The number of carbonyl (C=O) groups is 1. The van der Waals surface area contributed by atoms with Crippen LogP contribution in [0.25, 0.3) is 10.1 Å². The monoisotopic (exact) mass is 429 g/mol. The summed E-state index contributed by atoms with van der Waals surface area (Å²) in [6, 6.07) is 13.7. The van der Waals surface area contributed by atoms with Gasteiger partial charge in [-0.2, -0.15) is 0 Å². The van der Waals surface area contributed by atoms with Gasteiger partial charge in [0, 0.05) is 49.0 Å². The second-order valence-electron chi connectivity index (χ2n) is 7.25. The molecule has 1 aliphatic rings. The Labute approximate surface area is 180 Å². The number of halogens is 1. The number of nitrogens with zero attached hydrogens (tertiary/aromatic N) is 3. The molecule has 0 atom stereocenters. The van der Waals surface area contributed by atoms with Crippen LogP contribution in [0.15, 0.2) is 42.5 Å². The van der Waals surface area contributed by atoms with Crippen molar-refractivity contribution in [3.8, 4) is 5.75 Å². The van der Waals surface area contributed by atoms with E-state index in [2.05, 4.69) is 16.8 Å². The highest BCUT2D eigenvalue weighted by molar-refractivity contribution is 7.21. The number of ether oxygens (including phenoxy) is 1. The molecule has 1 aliphatic heterocycles. The van der Waals surface area contributed by atoms with Crippen LogP contribution < -0.4 is 14.5 Å². The molecule has 5 nitrogen and oxygen atoms in total. The Bertz CT molecular complexity index is 1040. The summed E-state index contributed by atoms with van der Waals surface area (Å²) < 4.78 is 6.60. The molecule has 3 aromatic rings. The highest BCUT2D eigenvalue weighted by atomic mass is 35.5. The molecule has 0 aliphatic carbocycles. The van der Waals surface area contributed by atoms with Gasteiger partial charge in [-0.3, -0.25) is 4.79 Å². The van der Waals surface area contributed by atoms with E-state index in [9.17, 15) is 4.79 Å². The molecule has 0 saturated carbocycles. The number of amides is 1. The number of carbonyl (C=O) groups excluding carboxylic acids is 1. The second kappa shape index (κ2) is 8.22. The number of rotatable bonds is 4. The first-order valence-electron chi connectivity index (χ1n) is 9.56. The minimum atomic E-state index is -0.106. The summed E-state index contributed by atoms with van der Waals surface area (Å²) in [5.41, 5.74) is 1.83. The predicted molar refractivity (Wildman–Crippen MR) is 122 cm³/mol. The molecule has 1 aromatic heterocycles. The Morgan fingerprint density at radius 3 is 2.55 bits per heavy atom. The molecule has 152 valence electrons. The third-order valence-electron chi connectivity index (χ3n) is 5.43. The van der Waals surface area contributed by atoms with Crippen LogP contribution in [0.1, 0.15) is 9.67 Å². The van der Waals surface area contributed by atoms with Gasteiger partial charge in [-0.05, 0) is 31.3 Å². The van der Waals surface area contributed by atoms with Crippen LogP contribution >= 0.6 is 22.9 Å². The topological polar surface area (TPSA) is 36.0 Å². The fourth-order valence-corrected chi connectivity index (χ4v) is 5.09. The SMILES string of the molecule is COc1ccc(N(C)C(=O)c2sc3ccccc3c2Cl)cc1N1CCN(C)CC1. The largest absolute Gasteiger partial charge is 0.495 e. The number of fused-ring (bicyclic) bond motifs is 1. The number of methoxy groups -OCH3 is 1. The fraction of sp³-hybridized carbons (Fsp3) is 0.318. The van der Waals surface area contributed by atoms with Gasteiger partial charge in [-0.1, -0.05) is 29.8 Å². The Balaban J connectivity index is 1.65.